The van der Waals surface area contributed by atoms with E-state index in [-0.39, 0.29) is 35.5 Å². The summed E-state index contributed by atoms with van der Waals surface area (Å²) in [5.74, 6) is 0.826. The molecule has 1 aliphatic carbocycles. The fourth-order valence-corrected chi connectivity index (χ4v) is 3.08. The first-order valence-corrected chi connectivity index (χ1v) is 8.79. The molecule has 2 rings (SSSR count). The third kappa shape index (κ3) is 6.24. The molecule has 2 atom stereocenters. The van der Waals surface area contributed by atoms with Crippen molar-refractivity contribution < 1.29 is 5.11 Å². The second-order valence-corrected chi connectivity index (χ2v) is 6.95. The predicted octanol–water partition coefficient (Wildman–Crippen LogP) is 3.61. The van der Waals surface area contributed by atoms with Gasteiger partial charge in [0.05, 0.1) is 12.6 Å². The number of guanidine groups is 1. The largest absolute Gasteiger partial charge is 0.392 e. The number of hydrogen-bond donors (Lipinski definition) is 3. The number of hydrogen-bond acceptors (Lipinski definition) is 2. The van der Waals surface area contributed by atoms with Crippen LogP contribution < -0.4 is 10.6 Å². The second kappa shape index (κ2) is 10.2. The highest BCUT2D eigenvalue weighted by Gasteiger charge is 2.35. The minimum atomic E-state index is -0.219. The molecule has 0 spiro atoms. The van der Waals surface area contributed by atoms with Crippen LogP contribution in [0.2, 0.25) is 0 Å². The standard InChI is InChI=1S/C19H31N3O.HI/c1-4-20-18(21-13-16-10-8-15(2)9-11-16)22-14-19(3)12-6-5-7-17(19)23;/h8-11,17,23H,4-7,12-14H2,1-3H3,(H2,20,21,22);1H. The topological polar surface area (TPSA) is 56.7 Å². The van der Waals surface area contributed by atoms with Crippen molar-refractivity contribution in [1.82, 2.24) is 10.6 Å². The van der Waals surface area contributed by atoms with Crippen molar-refractivity contribution in [3.63, 3.8) is 0 Å². The van der Waals surface area contributed by atoms with E-state index in [9.17, 15) is 5.11 Å². The van der Waals surface area contributed by atoms with Gasteiger partial charge >= 0.3 is 0 Å². The molecule has 1 aliphatic rings. The molecule has 2 unspecified atom stereocenters. The maximum absolute atomic E-state index is 10.3. The second-order valence-electron chi connectivity index (χ2n) is 6.95. The monoisotopic (exact) mass is 445 g/mol. The summed E-state index contributed by atoms with van der Waals surface area (Å²) in [4.78, 5) is 4.67. The highest BCUT2D eigenvalue weighted by atomic mass is 127. The van der Waals surface area contributed by atoms with Gasteiger partial charge in [-0.15, -0.1) is 24.0 Å². The summed E-state index contributed by atoms with van der Waals surface area (Å²) in [5, 5.41) is 17.0. The van der Waals surface area contributed by atoms with Gasteiger partial charge in [0.25, 0.3) is 0 Å². The Bertz CT molecular complexity index is 518. The van der Waals surface area contributed by atoms with Crippen LogP contribution in [-0.4, -0.2) is 30.3 Å². The van der Waals surface area contributed by atoms with Crippen molar-refractivity contribution >= 4 is 29.9 Å². The van der Waals surface area contributed by atoms with Gasteiger partial charge < -0.3 is 15.7 Å². The van der Waals surface area contributed by atoms with Gasteiger partial charge in [-0.1, -0.05) is 49.6 Å². The summed E-state index contributed by atoms with van der Waals surface area (Å²) in [6.45, 7) is 8.59. The number of aliphatic imine (C=N–C) groups is 1. The molecular formula is C19H32IN3O. The molecule has 1 aromatic carbocycles. The quantitative estimate of drug-likeness (QED) is 0.369. The van der Waals surface area contributed by atoms with E-state index in [0.29, 0.717) is 6.54 Å². The lowest BCUT2D eigenvalue weighted by Crippen LogP contribution is -2.48. The maximum atomic E-state index is 10.3. The van der Waals surface area contributed by atoms with Crippen molar-refractivity contribution in [2.45, 2.75) is 59.1 Å². The van der Waals surface area contributed by atoms with E-state index in [1.807, 2.05) is 0 Å². The Balaban J connectivity index is 0.00000288. The smallest absolute Gasteiger partial charge is 0.191 e. The Labute approximate surface area is 163 Å². The number of nitrogens with one attached hydrogen (secondary N) is 2. The van der Waals surface area contributed by atoms with Crippen LogP contribution in [0.3, 0.4) is 0 Å². The first-order chi connectivity index (χ1) is 11.0. The fraction of sp³-hybridized carbons (Fsp3) is 0.632. The number of halogens is 1. The minimum absolute atomic E-state index is 0. The van der Waals surface area contributed by atoms with Crippen molar-refractivity contribution in [2.75, 3.05) is 13.1 Å². The van der Waals surface area contributed by atoms with Crippen LogP contribution in [0, 0.1) is 12.3 Å². The number of benzene rings is 1. The molecule has 0 aromatic heterocycles. The van der Waals surface area contributed by atoms with Crippen LogP contribution >= 0.6 is 24.0 Å². The predicted molar refractivity (Wildman–Crippen MR) is 112 cm³/mol. The SMILES string of the molecule is CCNC(=NCc1ccc(C)cc1)NCC1(C)CCCCC1O.I. The molecule has 5 heteroatoms. The Kier molecular flexibility index (Phi) is 9.05. The van der Waals surface area contributed by atoms with Crippen LogP contribution in [0.25, 0.3) is 0 Å². The van der Waals surface area contributed by atoms with Crippen LogP contribution in [0.4, 0.5) is 0 Å². The first-order valence-electron chi connectivity index (χ1n) is 8.79. The van der Waals surface area contributed by atoms with Crippen molar-refractivity contribution in [2.24, 2.45) is 10.4 Å². The van der Waals surface area contributed by atoms with E-state index in [4.69, 9.17) is 0 Å². The van der Waals surface area contributed by atoms with Crippen molar-refractivity contribution in [3.05, 3.63) is 35.4 Å². The van der Waals surface area contributed by atoms with E-state index in [1.165, 1.54) is 17.5 Å². The molecule has 0 heterocycles. The molecule has 0 amide bonds. The zero-order chi connectivity index (χ0) is 16.7. The van der Waals surface area contributed by atoms with E-state index in [1.54, 1.807) is 0 Å². The third-order valence-corrected chi connectivity index (χ3v) is 4.82. The van der Waals surface area contributed by atoms with Gasteiger partial charge in [-0.05, 0) is 32.3 Å². The lowest BCUT2D eigenvalue weighted by atomic mass is 9.73. The van der Waals surface area contributed by atoms with Gasteiger partial charge in [0.2, 0.25) is 0 Å². The van der Waals surface area contributed by atoms with E-state index in [0.717, 1.165) is 38.3 Å². The van der Waals surface area contributed by atoms with Gasteiger partial charge in [-0.2, -0.15) is 0 Å². The molecular weight excluding hydrogens is 413 g/mol. The lowest BCUT2D eigenvalue weighted by Gasteiger charge is -2.38. The van der Waals surface area contributed by atoms with Crippen molar-refractivity contribution in [3.8, 4) is 0 Å². The van der Waals surface area contributed by atoms with Crippen LogP contribution in [0.1, 0.15) is 50.7 Å². The zero-order valence-electron chi connectivity index (χ0n) is 15.1. The maximum Gasteiger partial charge on any atom is 0.191 e. The summed E-state index contributed by atoms with van der Waals surface area (Å²) in [5.41, 5.74) is 2.41. The molecule has 0 radical (unpaired) electrons. The number of aliphatic hydroxyl groups is 1. The molecule has 1 fully saturated rings. The molecule has 4 nitrogen and oxygen atoms in total. The molecule has 1 aromatic rings. The van der Waals surface area contributed by atoms with Gasteiger partial charge in [0, 0.05) is 18.5 Å². The highest BCUT2D eigenvalue weighted by molar-refractivity contribution is 14.0. The summed E-state index contributed by atoms with van der Waals surface area (Å²) < 4.78 is 0. The normalized spacial score (nSPS) is 24.2. The molecule has 0 bridgehead atoms. The molecule has 1 saturated carbocycles. The first kappa shape index (κ1) is 21.2. The van der Waals surface area contributed by atoms with Crippen molar-refractivity contribution in [1.29, 1.82) is 0 Å². The molecule has 3 N–H and O–H groups in total. The Morgan fingerprint density at radius 3 is 2.58 bits per heavy atom. The van der Waals surface area contributed by atoms with Gasteiger partial charge in [-0.25, -0.2) is 4.99 Å². The van der Waals surface area contributed by atoms with Crippen LogP contribution in [0.15, 0.2) is 29.3 Å². The number of rotatable bonds is 5. The lowest BCUT2D eigenvalue weighted by molar-refractivity contribution is 0.00397. The van der Waals surface area contributed by atoms with E-state index in [2.05, 4.69) is 60.7 Å². The summed E-state index contributed by atoms with van der Waals surface area (Å²) in [6.07, 6.45) is 4.10. The minimum Gasteiger partial charge on any atom is -0.392 e. The third-order valence-electron chi connectivity index (χ3n) is 4.82. The van der Waals surface area contributed by atoms with Crippen LogP contribution in [0.5, 0.6) is 0 Å². The average molecular weight is 445 g/mol. The van der Waals surface area contributed by atoms with E-state index < -0.39 is 0 Å². The zero-order valence-corrected chi connectivity index (χ0v) is 17.5. The molecule has 0 aliphatic heterocycles. The fourth-order valence-electron chi connectivity index (χ4n) is 3.08. The molecule has 0 saturated heterocycles. The summed E-state index contributed by atoms with van der Waals surface area (Å²) in [7, 11) is 0. The summed E-state index contributed by atoms with van der Waals surface area (Å²) >= 11 is 0. The number of aryl methyl sites for hydroxylation is 1. The molecule has 136 valence electrons. The Morgan fingerprint density at radius 1 is 1.25 bits per heavy atom. The van der Waals surface area contributed by atoms with Crippen LogP contribution in [-0.2, 0) is 6.54 Å². The number of aliphatic hydroxyl groups excluding tert-OH is 1. The van der Waals surface area contributed by atoms with E-state index >= 15 is 0 Å². The number of nitrogens with zero attached hydrogens (tertiary/aromatic N) is 1. The highest BCUT2D eigenvalue weighted by Crippen LogP contribution is 2.35. The Morgan fingerprint density at radius 2 is 1.96 bits per heavy atom. The Hall–Kier alpha value is -0.820. The van der Waals surface area contributed by atoms with Gasteiger partial charge in [0.15, 0.2) is 5.96 Å². The van der Waals surface area contributed by atoms with Gasteiger partial charge in [-0.3, -0.25) is 0 Å². The summed E-state index contributed by atoms with van der Waals surface area (Å²) in [6, 6.07) is 8.47. The van der Waals surface area contributed by atoms with Gasteiger partial charge in [0.1, 0.15) is 0 Å². The average Bonchev–Trinajstić information content (AvgIpc) is 2.55. The molecule has 24 heavy (non-hydrogen) atoms.